The van der Waals surface area contributed by atoms with Gasteiger partial charge < -0.3 is 19.4 Å². The van der Waals surface area contributed by atoms with Crippen molar-refractivity contribution in [2.24, 2.45) is 5.92 Å². The number of rotatable bonds is 4. The third-order valence-corrected chi connectivity index (χ3v) is 4.83. The van der Waals surface area contributed by atoms with Crippen molar-refractivity contribution in [1.82, 2.24) is 9.80 Å². The van der Waals surface area contributed by atoms with Crippen LogP contribution in [0.25, 0.3) is 0 Å². The summed E-state index contributed by atoms with van der Waals surface area (Å²) in [6.45, 7) is 2.29. The molecule has 1 atom stereocenters. The molecule has 8 heteroatoms. The van der Waals surface area contributed by atoms with E-state index in [1.54, 1.807) is 34.1 Å². The molecule has 0 bridgehead atoms. The van der Waals surface area contributed by atoms with Crippen LogP contribution in [-0.4, -0.2) is 73.8 Å². The predicted octanol–water partition coefficient (Wildman–Crippen LogP) is 0.127. The Labute approximate surface area is 151 Å². The highest BCUT2D eigenvalue weighted by molar-refractivity contribution is 6.01. The lowest BCUT2D eigenvalue weighted by Crippen LogP contribution is -2.50. The van der Waals surface area contributed by atoms with E-state index in [0.717, 1.165) is 6.41 Å². The molecule has 0 spiro atoms. The van der Waals surface area contributed by atoms with Crippen LogP contribution in [0, 0.1) is 5.92 Å². The van der Waals surface area contributed by atoms with E-state index in [1.165, 1.54) is 12.0 Å². The number of benzene rings is 1. The number of hydrogen-bond donors (Lipinski definition) is 0. The van der Waals surface area contributed by atoms with E-state index < -0.39 is 11.9 Å². The highest BCUT2D eigenvalue weighted by atomic mass is 16.5. The summed E-state index contributed by atoms with van der Waals surface area (Å²) in [5.74, 6) is -1.08. The minimum absolute atomic E-state index is 0.0597. The van der Waals surface area contributed by atoms with Gasteiger partial charge in [0.1, 0.15) is 0 Å². The van der Waals surface area contributed by atoms with Gasteiger partial charge >= 0.3 is 5.97 Å². The molecule has 0 N–H and O–H groups in total. The Morgan fingerprint density at radius 3 is 2.58 bits per heavy atom. The maximum Gasteiger partial charge on any atom is 0.337 e. The number of anilines is 1. The van der Waals surface area contributed by atoms with Gasteiger partial charge in [-0.1, -0.05) is 6.07 Å². The number of ether oxygens (including phenoxy) is 1. The van der Waals surface area contributed by atoms with Gasteiger partial charge in [-0.2, -0.15) is 0 Å². The lowest BCUT2D eigenvalue weighted by Gasteiger charge is -2.33. The molecule has 2 aliphatic heterocycles. The summed E-state index contributed by atoms with van der Waals surface area (Å²) in [7, 11) is 1.30. The molecule has 1 aromatic carbocycles. The second-order valence-corrected chi connectivity index (χ2v) is 6.41. The van der Waals surface area contributed by atoms with Crippen LogP contribution in [0.5, 0.6) is 0 Å². The normalized spacial score (nSPS) is 20.3. The Balaban J connectivity index is 1.68. The van der Waals surface area contributed by atoms with Gasteiger partial charge in [0, 0.05) is 44.8 Å². The van der Waals surface area contributed by atoms with Crippen LogP contribution < -0.4 is 4.90 Å². The molecule has 0 saturated carbocycles. The molecule has 0 radical (unpaired) electrons. The van der Waals surface area contributed by atoms with E-state index in [4.69, 9.17) is 4.74 Å². The molecule has 2 fully saturated rings. The van der Waals surface area contributed by atoms with E-state index in [2.05, 4.69) is 0 Å². The molecule has 0 aromatic heterocycles. The number of amides is 3. The number of piperazine rings is 1. The maximum atomic E-state index is 12.7. The summed E-state index contributed by atoms with van der Waals surface area (Å²) in [4.78, 5) is 52.4. The monoisotopic (exact) mass is 359 g/mol. The van der Waals surface area contributed by atoms with E-state index in [-0.39, 0.29) is 24.8 Å². The lowest BCUT2D eigenvalue weighted by molar-refractivity contribution is -0.139. The standard InChI is InChI=1S/C18H21N3O5/c1-26-18(25)13-3-2-4-15(9-13)21-11-14(10-16(21)23)17(24)20-7-5-19(12-22)6-8-20/h2-4,9,12,14H,5-8,10-11H2,1H3. The summed E-state index contributed by atoms with van der Waals surface area (Å²) in [6.07, 6.45) is 0.937. The smallest absolute Gasteiger partial charge is 0.337 e. The number of esters is 1. The van der Waals surface area contributed by atoms with Crippen molar-refractivity contribution < 1.29 is 23.9 Å². The second-order valence-electron chi connectivity index (χ2n) is 6.41. The number of hydrogen-bond acceptors (Lipinski definition) is 5. The van der Waals surface area contributed by atoms with Gasteiger partial charge in [-0.3, -0.25) is 14.4 Å². The van der Waals surface area contributed by atoms with Gasteiger partial charge in [0.25, 0.3) is 0 Å². The summed E-state index contributed by atoms with van der Waals surface area (Å²) in [5.41, 5.74) is 0.941. The first-order chi connectivity index (χ1) is 12.5. The van der Waals surface area contributed by atoms with Gasteiger partial charge in [-0.25, -0.2) is 4.79 Å². The molecule has 2 heterocycles. The SMILES string of the molecule is COC(=O)c1cccc(N2CC(C(=O)N3CCN(C=O)CC3)CC2=O)c1. The Bertz CT molecular complexity index is 727. The Morgan fingerprint density at radius 1 is 1.19 bits per heavy atom. The zero-order valence-electron chi connectivity index (χ0n) is 14.6. The van der Waals surface area contributed by atoms with Crippen LogP contribution in [0.2, 0.25) is 0 Å². The fourth-order valence-corrected chi connectivity index (χ4v) is 3.35. The van der Waals surface area contributed by atoms with Crippen molar-refractivity contribution in [3.63, 3.8) is 0 Å². The predicted molar refractivity (Wildman–Crippen MR) is 92.5 cm³/mol. The Morgan fingerprint density at radius 2 is 1.92 bits per heavy atom. The van der Waals surface area contributed by atoms with Crippen LogP contribution >= 0.6 is 0 Å². The van der Waals surface area contributed by atoms with Gasteiger partial charge in [-0.05, 0) is 18.2 Å². The van der Waals surface area contributed by atoms with Crippen molar-refractivity contribution in [3.05, 3.63) is 29.8 Å². The Hall–Kier alpha value is -2.90. The van der Waals surface area contributed by atoms with E-state index in [0.29, 0.717) is 37.4 Å². The Kier molecular flexibility index (Phi) is 5.20. The van der Waals surface area contributed by atoms with Crippen molar-refractivity contribution in [3.8, 4) is 0 Å². The molecule has 2 aliphatic rings. The average molecular weight is 359 g/mol. The number of carbonyl (C=O) groups excluding carboxylic acids is 4. The molecule has 138 valence electrons. The first kappa shape index (κ1) is 17.9. The van der Waals surface area contributed by atoms with Crippen molar-refractivity contribution in [2.75, 3.05) is 44.7 Å². The molecular formula is C18H21N3O5. The van der Waals surface area contributed by atoms with E-state index in [1.807, 2.05) is 0 Å². The fourth-order valence-electron chi connectivity index (χ4n) is 3.35. The van der Waals surface area contributed by atoms with Gasteiger partial charge in [0.2, 0.25) is 18.2 Å². The van der Waals surface area contributed by atoms with Gasteiger partial charge in [0.05, 0.1) is 18.6 Å². The van der Waals surface area contributed by atoms with Crippen LogP contribution in [-0.2, 0) is 19.1 Å². The van der Waals surface area contributed by atoms with E-state index >= 15 is 0 Å². The summed E-state index contributed by atoms with van der Waals surface area (Å²) in [6, 6.07) is 6.63. The zero-order valence-corrected chi connectivity index (χ0v) is 14.6. The van der Waals surface area contributed by atoms with Crippen LogP contribution in [0.15, 0.2) is 24.3 Å². The van der Waals surface area contributed by atoms with Crippen LogP contribution in [0.1, 0.15) is 16.8 Å². The summed E-state index contributed by atoms with van der Waals surface area (Å²) < 4.78 is 4.71. The second kappa shape index (κ2) is 7.55. The molecule has 1 unspecified atom stereocenters. The molecule has 8 nitrogen and oxygen atoms in total. The third-order valence-electron chi connectivity index (χ3n) is 4.83. The molecule has 0 aliphatic carbocycles. The molecule has 3 rings (SSSR count). The number of nitrogens with zero attached hydrogens (tertiary/aromatic N) is 3. The molecule has 1 aromatic rings. The average Bonchev–Trinajstić information content (AvgIpc) is 3.08. The molecule has 3 amide bonds. The minimum Gasteiger partial charge on any atom is -0.465 e. The maximum absolute atomic E-state index is 12.7. The van der Waals surface area contributed by atoms with Crippen molar-refractivity contribution in [1.29, 1.82) is 0 Å². The highest BCUT2D eigenvalue weighted by Crippen LogP contribution is 2.27. The minimum atomic E-state index is -0.473. The highest BCUT2D eigenvalue weighted by Gasteiger charge is 2.38. The van der Waals surface area contributed by atoms with Gasteiger partial charge in [0.15, 0.2) is 0 Å². The van der Waals surface area contributed by atoms with Crippen LogP contribution in [0.3, 0.4) is 0 Å². The molecular weight excluding hydrogens is 338 g/mol. The number of carbonyl (C=O) groups is 4. The van der Waals surface area contributed by atoms with Crippen molar-refractivity contribution in [2.45, 2.75) is 6.42 Å². The summed E-state index contributed by atoms with van der Waals surface area (Å²) in [5, 5.41) is 0. The quantitative estimate of drug-likeness (QED) is 0.563. The first-order valence-corrected chi connectivity index (χ1v) is 8.50. The molecule has 2 saturated heterocycles. The largest absolute Gasteiger partial charge is 0.465 e. The fraction of sp³-hybridized carbons (Fsp3) is 0.444. The van der Waals surface area contributed by atoms with Crippen molar-refractivity contribution >= 4 is 29.9 Å². The van der Waals surface area contributed by atoms with Gasteiger partial charge in [-0.15, -0.1) is 0 Å². The third kappa shape index (κ3) is 3.54. The van der Waals surface area contributed by atoms with Crippen LogP contribution in [0.4, 0.5) is 5.69 Å². The first-order valence-electron chi connectivity index (χ1n) is 8.50. The topological polar surface area (TPSA) is 87.2 Å². The van der Waals surface area contributed by atoms with E-state index in [9.17, 15) is 19.2 Å². The lowest BCUT2D eigenvalue weighted by atomic mass is 10.1. The molecule has 26 heavy (non-hydrogen) atoms. The zero-order chi connectivity index (χ0) is 18.7. The number of methoxy groups -OCH3 is 1. The summed E-state index contributed by atoms with van der Waals surface area (Å²) >= 11 is 0.